The first-order valence-electron chi connectivity index (χ1n) is 20.8. The minimum absolute atomic E-state index is 0.00365. The van der Waals surface area contributed by atoms with Crippen LogP contribution < -0.4 is 0 Å². The van der Waals surface area contributed by atoms with Crippen LogP contribution in [-0.4, -0.2) is 116 Å². The maximum Gasteiger partial charge on any atom is 0.315 e. The van der Waals surface area contributed by atoms with Crippen molar-refractivity contribution in [2.45, 2.75) is 181 Å². The van der Waals surface area contributed by atoms with Crippen molar-refractivity contribution in [1.29, 1.82) is 0 Å². The fraction of sp³-hybridized carbons (Fsp3) is 0.929. The quantitative estimate of drug-likeness (QED) is 0.160. The first-order valence-corrected chi connectivity index (χ1v) is 20.8. The molecule has 20 atom stereocenters. The Morgan fingerprint density at radius 1 is 0.778 bits per heavy atom. The third kappa shape index (κ3) is 5.77. The summed E-state index contributed by atoms with van der Waals surface area (Å²) >= 11 is 0. The molecule has 2 saturated heterocycles. The highest BCUT2D eigenvalue weighted by molar-refractivity contribution is 5.79. The molecule has 0 amide bonds. The number of hydrogen-bond donors (Lipinski definition) is 7. The number of rotatable bonds is 5. The predicted octanol–water partition coefficient (Wildman–Crippen LogP) is 3.20. The van der Waals surface area contributed by atoms with Crippen LogP contribution in [0.5, 0.6) is 0 Å². The van der Waals surface area contributed by atoms with Gasteiger partial charge >= 0.3 is 5.97 Å². The second-order valence-electron chi connectivity index (χ2n) is 20.1. The molecule has 4 saturated carbocycles. The molecule has 5 aliphatic carbocycles. The molecular formula is C42H68O12. The lowest BCUT2D eigenvalue weighted by molar-refractivity contribution is -0.361. The monoisotopic (exact) mass is 764 g/mol. The zero-order valence-electron chi connectivity index (χ0n) is 33.6. The average Bonchev–Trinajstić information content (AvgIpc) is 3.12. The predicted molar refractivity (Wildman–Crippen MR) is 196 cm³/mol. The average molecular weight is 765 g/mol. The summed E-state index contributed by atoms with van der Waals surface area (Å²) in [6.45, 7) is 17.4. The normalized spacial score (nSPS) is 55.6. The van der Waals surface area contributed by atoms with Gasteiger partial charge in [0.1, 0.15) is 36.6 Å². The Morgan fingerprint density at radius 3 is 2.17 bits per heavy atom. The topological polar surface area (TPSA) is 196 Å². The minimum Gasteiger partial charge on any atom is -0.432 e. The summed E-state index contributed by atoms with van der Waals surface area (Å²) in [6, 6.07) is 0. The zero-order valence-corrected chi connectivity index (χ0v) is 33.6. The van der Waals surface area contributed by atoms with Crippen molar-refractivity contribution in [1.82, 2.24) is 0 Å². The summed E-state index contributed by atoms with van der Waals surface area (Å²) in [5.74, 6) is 0.925. The van der Waals surface area contributed by atoms with Crippen molar-refractivity contribution in [3.63, 3.8) is 0 Å². The number of allylic oxidation sites excluding steroid dienone is 2. The van der Waals surface area contributed by atoms with Crippen LogP contribution in [-0.2, 0) is 23.7 Å². The van der Waals surface area contributed by atoms with E-state index < -0.39 is 79.4 Å². The van der Waals surface area contributed by atoms with Crippen molar-refractivity contribution in [2.75, 3.05) is 6.61 Å². The van der Waals surface area contributed by atoms with Gasteiger partial charge in [-0.3, -0.25) is 4.79 Å². The molecule has 308 valence electrons. The van der Waals surface area contributed by atoms with E-state index in [1.165, 1.54) is 5.57 Å². The number of aliphatic hydroxyl groups is 7. The van der Waals surface area contributed by atoms with Gasteiger partial charge in [0, 0.05) is 0 Å². The van der Waals surface area contributed by atoms with E-state index in [-0.39, 0.29) is 39.6 Å². The number of carbonyl (C=O) groups excluding carboxylic acids is 1. The first-order chi connectivity index (χ1) is 25.2. The second kappa shape index (κ2) is 14.0. The number of aliphatic hydroxyl groups excluding tert-OH is 7. The number of esters is 1. The molecule has 7 rings (SSSR count). The van der Waals surface area contributed by atoms with Crippen molar-refractivity contribution in [2.24, 2.45) is 56.7 Å². The molecule has 0 aromatic heterocycles. The lowest BCUT2D eigenvalue weighted by Crippen LogP contribution is -2.66. The third-order valence-corrected chi connectivity index (χ3v) is 17.5. The molecule has 2 heterocycles. The van der Waals surface area contributed by atoms with Crippen LogP contribution in [0.3, 0.4) is 0 Å². The molecule has 7 N–H and O–H groups in total. The Labute approximate surface area is 320 Å². The van der Waals surface area contributed by atoms with E-state index in [2.05, 4.69) is 54.5 Å². The van der Waals surface area contributed by atoms with E-state index in [0.29, 0.717) is 30.6 Å². The van der Waals surface area contributed by atoms with Crippen molar-refractivity contribution in [3.8, 4) is 0 Å². The van der Waals surface area contributed by atoms with Gasteiger partial charge in [0.2, 0.25) is 6.29 Å². The first kappa shape index (κ1) is 41.0. The fourth-order valence-electron chi connectivity index (χ4n) is 13.6. The number of fused-ring (bicyclic) bond motifs is 7. The van der Waals surface area contributed by atoms with Crippen molar-refractivity contribution < 1.29 is 59.5 Å². The number of ether oxygens (including phenoxy) is 4. The van der Waals surface area contributed by atoms with Gasteiger partial charge in [0.05, 0.1) is 24.2 Å². The second-order valence-corrected chi connectivity index (χ2v) is 20.1. The van der Waals surface area contributed by atoms with E-state index >= 15 is 4.79 Å². The zero-order chi connectivity index (χ0) is 39.5. The standard InChI is InChI=1S/C42H68O12/c1-20-11-16-42(37(50)54-36-34(32(48)29(45)22(3)51-36)53-35-33(49)31(47)30(46)24(19-43)52-35)18-17-40(7)23(28(42)21(20)2)9-10-26-39(6)14-13-27(44)38(4,5)25(39)12-15-41(26,40)8/h9,20-22,24-36,43-49H,10-19H2,1-8H3/t20-,21+,22+,24-,25+,26-,27+,28+,29+,30-,31+,32-,33-,34-,35+,36+,39+,40-,41-,42+/m1/s1. The SMILES string of the molecule is C[C@H]1[C@H](C)CC[C@]2(C(=O)O[C@@H]3O[C@@H](C)[C@H](O)[C@@H](O)[C@H]3O[C@@H]3O[C@H](CO)[C@@H](O)[C@H](O)[C@H]3O)CC[C@]3(C)C(=CC[C@@H]4[C@@]5(C)CC[C@H](O)C(C)(C)[C@@H]5CC[C@]43C)[C@H]12. The molecule has 7 aliphatic rings. The van der Waals surface area contributed by atoms with Gasteiger partial charge in [-0.1, -0.05) is 60.1 Å². The summed E-state index contributed by atoms with van der Waals surface area (Å²) in [4.78, 5) is 15.0. The lowest BCUT2D eigenvalue weighted by atomic mass is 9.33. The summed E-state index contributed by atoms with van der Waals surface area (Å²) in [5.41, 5.74) is 0.308. The van der Waals surface area contributed by atoms with Gasteiger partial charge in [-0.15, -0.1) is 0 Å². The van der Waals surface area contributed by atoms with Crippen LogP contribution >= 0.6 is 0 Å². The highest BCUT2D eigenvalue weighted by atomic mass is 16.8. The van der Waals surface area contributed by atoms with Crippen molar-refractivity contribution in [3.05, 3.63) is 11.6 Å². The third-order valence-electron chi connectivity index (χ3n) is 17.5. The van der Waals surface area contributed by atoms with Crippen molar-refractivity contribution >= 4 is 5.97 Å². The van der Waals surface area contributed by atoms with Crippen LogP contribution in [0.15, 0.2) is 11.6 Å². The Morgan fingerprint density at radius 2 is 1.48 bits per heavy atom. The summed E-state index contributed by atoms with van der Waals surface area (Å²) in [5, 5.41) is 74.4. The molecule has 54 heavy (non-hydrogen) atoms. The van der Waals surface area contributed by atoms with E-state index in [4.69, 9.17) is 18.9 Å². The molecule has 0 radical (unpaired) electrons. The minimum atomic E-state index is -1.77. The van der Waals surface area contributed by atoms with Crippen LogP contribution in [0, 0.1) is 56.7 Å². The molecule has 12 heteroatoms. The summed E-state index contributed by atoms with van der Waals surface area (Å²) in [6.07, 6.45) is -4.97. The Bertz CT molecular complexity index is 1450. The summed E-state index contributed by atoms with van der Waals surface area (Å²) in [7, 11) is 0. The molecule has 0 spiro atoms. The maximum atomic E-state index is 15.0. The van der Waals surface area contributed by atoms with Gasteiger partial charge < -0.3 is 54.7 Å². The molecule has 12 nitrogen and oxygen atoms in total. The Hall–Kier alpha value is -1.19. The fourth-order valence-corrected chi connectivity index (χ4v) is 13.6. The van der Waals surface area contributed by atoms with Gasteiger partial charge in [-0.05, 0) is 116 Å². The van der Waals surface area contributed by atoms with Crippen LogP contribution in [0.2, 0.25) is 0 Å². The van der Waals surface area contributed by atoms with Gasteiger partial charge in [0.25, 0.3) is 0 Å². The Kier molecular flexibility index (Phi) is 10.6. The number of hydrogen-bond acceptors (Lipinski definition) is 12. The molecule has 0 unspecified atom stereocenters. The molecular weight excluding hydrogens is 696 g/mol. The van der Waals surface area contributed by atoms with E-state index in [0.717, 1.165) is 44.9 Å². The van der Waals surface area contributed by atoms with Gasteiger partial charge in [0.15, 0.2) is 12.4 Å². The van der Waals surface area contributed by atoms with E-state index in [1.54, 1.807) is 6.92 Å². The van der Waals surface area contributed by atoms with Gasteiger partial charge in [-0.2, -0.15) is 0 Å². The highest BCUT2D eigenvalue weighted by Gasteiger charge is 2.70. The van der Waals surface area contributed by atoms with Crippen LogP contribution in [0.4, 0.5) is 0 Å². The van der Waals surface area contributed by atoms with Crippen LogP contribution in [0.1, 0.15) is 113 Å². The Balaban J connectivity index is 1.20. The molecule has 2 aliphatic heterocycles. The smallest absolute Gasteiger partial charge is 0.315 e. The molecule has 0 aromatic carbocycles. The maximum absolute atomic E-state index is 15.0. The summed E-state index contributed by atoms with van der Waals surface area (Å²) < 4.78 is 23.9. The van der Waals surface area contributed by atoms with Gasteiger partial charge in [-0.25, -0.2) is 0 Å². The lowest BCUT2D eigenvalue weighted by Gasteiger charge is -2.71. The molecule has 6 fully saturated rings. The largest absolute Gasteiger partial charge is 0.432 e. The van der Waals surface area contributed by atoms with Crippen LogP contribution in [0.25, 0.3) is 0 Å². The van der Waals surface area contributed by atoms with E-state index in [1.807, 2.05) is 0 Å². The molecule has 0 bridgehead atoms. The number of carbonyl (C=O) groups is 1. The molecule has 0 aromatic rings. The van der Waals surface area contributed by atoms with E-state index in [9.17, 15) is 35.7 Å². The highest BCUT2D eigenvalue weighted by Crippen LogP contribution is 2.76.